The second-order valence-electron chi connectivity index (χ2n) is 8.79. The fourth-order valence-electron chi connectivity index (χ4n) is 4.75. The highest BCUT2D eigenvalue weighted by Gasteiger charge is 2.28. The van der Waals surface area contributed by atoms with Gasteiger partial charge in [0.2, 0.25) is 0 Å². The quantitative estimate of drug-likeness (QED) is 0.687. The van der Waals surface area contributed by atoms with E-state index in [2.05, 4.69) is 28.8 Å². The normalized spacial score (nSPS) is 17.9. The average Bonchev–Trinajstić information content (AvgIpc) is 2.88. The summed E-state index contributed by atoms with van der Waals surface area (Å²) < 4.78 is 5.28. The number of aromatic nitrogens is 2. The predicted molar refractivity (Wildman–Crippen MR) is 127 cm³/mol. The summed E-state index contributed by atoms with van der Waals surface area (Å²) in [6.07, 6.45) is 7.76. The maximum absolute atomic E-state index is 13.5. The molecule has 1 saturated carbocycles. The molecule has 0 spiro atoms. The molecule has 32 heavy (non-hydrogen) atoms. The number of benzene rings is 1. The van der Waals surface area contributed by atoms with E-state index in [0.717, 1.165) is 62.7 Å². The first kappa shape index (κ1) is 22.5. The first-order valence-corrected chi connectivity index (χ1v) is 11.9. The summed E-state index contributed by atoms with van der Waals surface area (Å²) >= 11 is 0. The van der Waals surface area contributed by atoms with E-state index in [-0.39, 0.29) is 5.91 Å². The number of amides is 1. The number of methoxy groups -OCH3 is 1. The molecular formula is C25H35N5O2. The van der Waals surface area contributed by atoms with Crippen molar-refractivity contribution in [3.05, 3.63) is 36.0 Å². The third kappa shape index (κ3) is 4.88. The van der Waals surface area contributed by atoms with Gasteiger partial charge in [0.05, 0.1) is 7.11 Å². The van der Waals surface area contributed by atoms with Crippen molar-refractivity contribution in [2.24, 2.45) is 0 Å². The summed E-state index contributed by atoms with van der Waals surface area (Å²) in [4.78, 5) is 29.6. The van der Waals surface area contributed by atoms with Crippen LogP contribution in [0.25, 0.3) is 11.4 Å². The van der Waals surface area contributed by atoms with Gasteiger partial charge in [0.25, 0.3) is 5.91 Å². The fourth-order valence-corrected chi connectivity index (χ4v) is 4.75. The van der Waals surface area contributed by atoms with Crippen LogP contribution in [-0.4, -0.2) is 78.6 Å². The van der Waals surface area contributed by atoms with Crippen molar-refractivity contribution >= 4 is 11.7 Å². The van der Waals surface area contributed by atoms with Gasteiger partial charge in [0.15, 0.2) is 5.82 Å². The van der Waals surface area contributed by atoms with Crippen LogP contribution in [0.3, 0.4) is 0 Å². The smallest absolute Gasteiger partial charge is 0.259 e. The van der Waals surface area contributed by atoms with Crippen LogP contribution in [0, 0.1) is 0 Å². The molecule has 1 aliphatic carbocycles. The van der Waals surface area contributed by atoms with Crippen LogP contribution in [0.2, 0.25) is 0 Å². The molecule has 172 valence electrons. The summed E-state index contributed by atoms with van der Waals surface area (Å²) in [6, 6.07) is 8.16. The predicted octanol–water partition coefficient (Wildman–Crippen LogP) is 3.70. The third-order valence-electron chi connectivity index (χ3n) is 6.91. The Labute approximate surface area is 191 Å². The molecule has 2 heterocycles. The van der Waals surface area contributed by atoms with Gasteiger partial charge in [-0.3, -0.25) is 4.79 Å². The summed E-state index contributed by atoms with van der Waals surface area (Å²) in [5.41, 5.74) is 1.53. The Morgan fingerprint density at radius 3 is 2.41 bits per heavy atom. The zero-order valence-corrected chi connectivity index (χ0v) is 19.6. The van der Waals surface area contributed by atoms with Crippen molar-refractivity contribution in [1.82, 2.24) is 19.8 Å². The number of carbonyl (C=O) groups is 1. The maximum atomic E-state index is 13.5. The van der Waals surface area contributed by atoms with E-state index in [9.17, 15) is 4.79 Å². The van der Waals surface area contributed by atoms with Gasteiger partial charge in [-0.2, -0.15) is 0 Å². The molecule has 1 aromatic heterocycles. The highest BCUT2D eigenvalue weighted by Crippen LogP contribution is 2.30. The highest BCUT2D eigenvalue weighted by molar-refractivity contribution is 5.99. The Morgan fingerprint density at radius 1 is 1.09 bits per heavy atom. The number of hydrogen-bond acceptors (Lipinski definition) is 6. The molecule has 7 nitrogen and oxygen atoms in total. The molecule has 0 bridgehead atoms. The van der Waals surface area contributed by atoms with Crippen molar-refractivity contribution in [3.8, 4) is 17.1 Å². The molecule has 7 heteroatoms. The summed E-state index contributed by atoms with van der Waals surface area (Å²) in [6.45, 7) is 6.53. The monoisotopic (exact) mass is 437 g/mol. The van der Waals surface area contributed by atoms with E-state index in [0.29, 0.717) is 17.4 Å². The Bertz CT molecular complexity index is 903. The summed E-state index contributed by atoms with van der Waals surface area (Å²) in [7, 11) is 3.74. The Morgan fingerprint density at radius 2 is 1.78 bits per heavy atom. The standard InChI is InChI=1S/C25H35N5O2/c1-4-29-14-16-30(17-15-29)25(31)22-18-26-23(19-10-12-21(32-3)13-11-19)27-24(22)28(2)20-8-6-5-7-9-20/h10-13,18,20H,4-9,14-17H2,1-3H3. The number of nitrogens with zero attached hydrogens (tertiary/aromatic N) is 5. The average molecular weight is 438 g/mol. The largest absolute Gasteiger partial charge is 0.497 e. The molecule has 1 aromatic carbocycles. The van der Waals surface area contributed by atoms with Gasteiger partial charge in [-0.15, -0.1) is 0 Å². The number of anilines is 1. The minimum absolute atomic E-state index is 0.0414. The van der Waals surface area contributed by atoms with Crippen LogP contribution in [0.5, 0.6) is 5.75 Å². The minimum atomic E-state index is 0.0414. The van der Waals surface area contributed by atoms with Crippen molar-refractivity contribution < 1.29 is 9.53 Å². The van der Waals surface area contributed by atoms with Crippen LogP contribution in [0.1, 0.15) is 49.4 Å². The van der Waals surface area contributed by atoms with Gasteiger partial charge in [-0.1, -0.05) is 26.2 Å². The maximum Gasteiger partial charge on any atom is 0.259 e. The van der Waals surface area contributed by atoms with E-state index >= 15 is 0 Å². The number of rotatable bonds is 6. The Hall–Kier alpha value is -2.67. The van der Waals surface area contributed by atoms with Crippen LogP contribution < -0.4 is 9.64 Å². The highest BCUT2D eigenvalue weighted by atomic mass is 16.5. The zero-order valence-electron chi connectivity index (χ0n) is 19.6. The molecule has 0 unspecified atom stereocenters. The van der Waals surface area contributed by atoms with Crippen molar-refractivity contribution in [3.63, 3.8) is 0 Å². The second kappa shape index (κ2) is 10.3. The third-order valence-corrected chi connectivity index (χ3v) is 6.91. The first-order chi connectivity index (χ1) is 15.6. The first-order valence-electron chi connectivity index (χ1n) is 11.9. The molecule has 1 saturated heterocycles. The number of carbonyl (C=O) groups excluding carboxylic acids is 1. The van der Waals surface area contributed by atoms with Gasteiger partial charge in [0, 0.05) is 51.0 Å². The number of ether oxygens (including phenoxy) is 1. The molecular weight excluding hydrogens is 402 g/mol. The number of hydrogen-bond donors (Lipinski definition) is 0. The zero-order chi connectivity index (χ0) is 22.5. The van der Waals surface area contributed by atoms with Crippen LogP contribution in [0.4, 0.5) is 5.82 Å². The van der Waals surface area contributed by atoms with Gasteiger partial charge < -0.3 is 19.4 Å². The van der Waals surface area contributed by atoms with Crippen molar-refractivity contribution in [2.75, 3.05) is 51.8 Å². The summed E-state index contributed by atoms with van der Waals surface area (Å²) in [5.74, 6) is 2.23. The summed E-state index contributed by atoms with van der Waals surface area (Å²) in [5, 5.41) is 0. The SMILES string of the molecule is CCN1CCN(C(=O)c2cnc(-c3ccc(OC)cc3)nc2N(C)C2CCCCC2)CC1. The van der Waals surface area contributed by atoms with Crippen LogP contribution in [0.15, 0.2) is 30.5 Å². The molecule has 2 aliphatic rings. The number of piperazine rings is 1. The van der Waals surface area contributed by atoms with Crippen LogP contribution >= 0.6 is 0 Å². The van der Waals surface area contributed by atoms with E-state index in [1.165, 1.54) is 19.3 Å². The molecule has 0 radical (unpaired) electrons. The van der Waals surface area contributed by atoms with Crippen molar-refractivity contribution in [2.45, 2.75) is 45.1 Å². The molecule has 4 rings (SSSR count). The topological polar surface area (TPSA) is 61.8 Å². The second-order valence-corrected chi connectivity index (χ2v) is 8.79. The Balaban J connectivity index is 1.65. The molecule has 0 atom stereocenters. The van der Waals surface area contributed by atoms with E-state index in [1.807, 2.05) is 29.2 Å². The molecule has 1 amide bonds. The van der Waals surface area contributed by atoms with E-state index in [4.69, 9.17) is 9.72 Å². The van der Waals surface area contributed by atoms with Crippen LogP contribution in [-0.2, 0) is 0 Å². The minimum Gasteiger partial charge on any atom is -0.497 e. The van der Waals surface area contributed by atoms with Crippen molar-refractivity contribution in [1.29, 1.82) is 0 Å². The lowest BCUT2D eigenvalue weighted by Gasteiger charge is -2.36. The Kier molecular flexibility index (Phi) is 7.25. The molecule has 1 aliphatic heterocycles. The van der Waals surface area contributed by atoms with E-state index < -0.39 is 0 Å². The van der Waals surface area contributed by atoms with E-state index in [1.54, 1.807) is 13.3 Å². The molecule has 2 fully saturated rings. The fraction of sp³-hybridized carbons (Fsp3) is 0.560. The van der Waals surface area contributed by atoms with Gasteiger partial charge in [-0.25, -0.2) is 9.97 Å². The number of likely N-dealkylation sites (N-methyl/N-ethyl adjacent to an activating group) is 1. The lowest BCUT2D eigenvalue weighted by atomic mass is 9.94. The van der Waals surface area contributed by atoms with Gasteiger partial charge >= 0.3 is 0 Å². The lowest BCUT2D eigenvalue weighted by Crippen LogP contribution is -2.49. The lowest BCUT2D eigenvalue weighted by molar-refractivity contribution is 0.0643. The molecule has 0 N–H and O–H groups in total. The molecule has 2 aromatic rings. The van der Waals surface area contributed by atoms with Gasteiger partial charge in [-0.05, 0) is 43.7 Å². The van der Waals surface area contributed by atoms with Gasteiger partial charge in [0.1, 0.15) is 17.1 Å².